The highest BCUT2D eigenvalue weighted by molar-refractivity contribution is 4.87. The van der Waals surface area contributed by atoms with Crippen LogP contribution in [0.2, 0.25) is 0 Å². The van der Waals surface area contributed by atoms with E-state index in [-0.39, 0.29) is 0 Å². The van der Waals surface area contributed by atoms with Crippen molar-refractivity contribution in [3.63, 3.8) is 0 Å². The molecule has 1 fully saturated rings. The summed E-state index contributed by atoms with van der Waals surface area (Å²) >= 11 is 0. The molecule has 4 unspecified atom stereocenters. The third kappa shape index (κ3) is 3.18. The number of hydrogen-bond donors (Lipinski definition) is 1. The average Bonchev–Trinajstić information content (AvgIpc) is 2.27. The van der Waals surface area contributed by atoms with Crippen molar-refractivity contribution in [1.29, 1.82) is 0 Å². The number of rotatable bonds is 4. The molecule has 0 saturated carbocycles. The second-order valence-electron chi connectivity index (χ2n) is 5.19. The van der Waals surface area contributed by atoms with Gasteiger partial charge in [0.05, 0.1) is 0 Å². The zero-order valence-corrected chi connectivity index (χ0v) is 11.1. The van der Waals surface area contributed by atoms with Crippen LogP contribution in [0.15, 0.2) is 0 Å². The highest BCUT2D eigenvalue weighted by atomic mass is 15.3. The fraction of sp³-hybridized carbons (Fsp3) is 1.00. The largest absolute Gasteiger partial charge is 0.311 e. The van der Waals surface area contributed by atoms with E-state index in [0.717, 1.165) is 18.0 Å². The summed E-state index contributed by atoms with van der Waals surface area (Å²) in [6.45, 7) is 14.1. The molecule has 1 heterocycles. The van der Waals surface area contributed by atoms with Gasteiger partial charge in [0.1, 0.15) is 0 Å². The average molecular weight is 212 g/mol. The molecular weight excluding hydrogens is 184 g/mol. The van der Waals surface area contributed by atoms with Gasteiger partial charge in [-0.15, -0.1) is 0 Å². The number of nitrogens with one attached hydrogen (secondary N) is 1. The molecule has 2 nitrogen and oxygen atoms in total. The van der Waals surface area contributed by atoms with Crippen LogP contribution in [0, 0.1) is 5.92 Å². The van der Waals surface area contributed by atoms with Gasteiger partial charge in [0.25, 0.3) is 0 Å². The van der Waals surface area contributed by atoms with Crippen LogP contribution in [0.25, 0.3) is 0 Å². The van der Waals surface area contributed by atoms with Gasteiger partial charge in [-0.05, 0) is 26.2 Å². The summed E-state index contributed by atoms with van der Waals surface area (Å²) in [7, 11) is 0. The third-order valence-corrected chi connectivity index (χ3v) is 4.12. The minimum Gasteiger partial charge on any atom is -0.311 e. The normalized spacial score (nSPS) is 32.6. The molecule has 0 aromatic carbocycles. The van der Waals surface area contributed by atoms with Crippen LogP contribution in [-0.4, -0.2) is 36.1 Å². The summed E-state index contributed by atoms with van der Waals surface area (Å²) in [6.07, 6.45) is 2.55. The van der Waals surface area contributed by atoms with Crippen LogP contribution < -0.4 is 5.32 Å². The zero-order valence-electron chi connectivity index (χ0n) is 11.1. The third-order valence-electron chi connectivity index (χ3n) is 4.12. The summed E-state index contributed by atoms with van der Waals surface area (Å²) < 4.78 is 0. The molecule has 1 saturated heterocycles. The van der Waals surface area contributed by atoms with Crippen molar-refractivity contribution >= 4 is 0 Å². The first-order chi connectivity index (χ1) is 7.10. The molecule has 0 aromatic heterocycles. The summed E-state index contributed by atoms with van der Waals surface area (Å²) in [6, 6.07) is 2.12. The van der Waals surface area contributed by atoms with Crippen molar-refractivity contribution in [3.8, 4) is 0 Å². The molecule has 15 heavy (non-hydrogen) atoms. The van der Waals surface area contributed by atoms with Gasteiger partial charge in [0.15, 0.2) is 0 Å². The first-order valence-corrected chi connectivity index (χ1v) is 6.59. The predicted octanol–water partition coefficient (Wildman–Crippen LogP) is 2.49. The maximum atomic E-state index is 3.58. The second-order valence-corrected chi connectivity index (χ2v) is 5.19. The Morgan fingerprint density at radius 1 is 1.33 bits per heavy atom. The fourth-order valence-electron chi connectivity index (χ4n) is 2.53. The van der Waals surface area contributed by atoms with E-state index in [1.807, 2.05) is 0 Å². The lowest BCUT2D eigenvalue weighted by molar-refractivity contribution is 0.0639. The minimum absolute atomic E-state index is 0.652. The molecule has 1 rings (SSSR count). The standard InChI is InChI=1S/C13H28N2/c1-6-10(3)12(5)15-9-11(4)14-8-13(15)7-2/h10-14H,6-9H2,1-5H3. The topological polar surface area (TPSA) is 15.3 Å². The second kappa shape index (κ2) is 5.86. The molecule has 0 aromatic rings. The zero-order chi connectivity index (χ0) is 11.4. The smallest absolute Gasteiger partial charge is 0.0221 e. The predicted molar refractivity (Wildman–Crippen MR) is 67.2 cm³/mol. The van der Waals surface area contributed by atoms with Gasteiger partial charge in [-0.1, -0.05) is 27.2 Å². The van der Waals surface area contributed by atoms with Gasteiger partial charge in [-0.3, -0.25) is 4.90 Å². The van der Waals surface area contributed by atoms with E-state index in [0.29, 0.717) is 6.04 Å². The van der Waals surface area contributed by atoms with Crippen molar-refractivity contribution in [2.24, 2.45) is 5.92 Å². The summed E-state index contributed by atoms with van der Waals surface area (Å²) in [4.78, 5) is 2.72. The molecule has 0 bridgehead atoms. The molecule has 0 spiro atoms. The molecule has 1 aliphatic heterocycles. The van der Waals surface area contributed by atoms with E-state index < -0.39 is 0 Å². The van der Waals surface area contributed by atoms with Gasteiger partial charge in [-0.25, -0.2) is 0 Å². The van der Waals surface area contributed by atoms with E-state index in [1.54, 1.807) is 0 Å². The molecule has 1 aliphatic rings. The number of nitrogens with zero attached hydrogens (tertiary/aromatic N) is 1. The Balaban J connectivity index is 2.61. The van der Waals surface area contributed by atoms with Crippen LogP contribution in [0.5, 0.6) is 0 Å². The first-order valence-electron chi connectivity index (χ1n) is 6.59. The molecule has 1 N–H and O–H groups in total. The Morgan fingerprint density at radius 2 is 2.00 bits per heavy atom. The Morgan fingerprint density at radius 3 is 2.53 bits per heavy atom. The summed E-state index contributed by atoms with van der Waals surface area (Å²) in [5.41, 5.74) is 0. The fourth-order valence-corrected chi connectivity index (χ4v) is 2.53. The van der Waals surface area contributed by atoms with Crippen molar-refractivity contribution in [3.05, 3.63) is 0 Å². The lowest BCUT2D eigenvalue weighted by atomic mass is 9.95. The maximum Gasteiger partial charge on any atom is 0.0221 e. The lowest BCUT2D eigenvalue weighted by Gasteiger charge is -2.44. The Hall–Kier alpha value is -0.0800. The highest BCUT2D eigenvalue weighted by Gasteiger charge is 2.29. The molecule has 2 heteroatoms. The quantitative estimate of drug-likeness (QED) is 0.770. The van der Waals surface area contributed by atoms with E-state index in [9.17, 15) is 0 Å². The Bertz CT molecular complexity index is 181. The van der Waals surface area contributed by atoms with Crippen LogP contribution >= 0.6 is 0 Å². The van der Waals surface area contributed by atoms with E-state index in [4.69, 9.17) is 0 Å². The summed E-state index contributed by atoms with van der Waals surface area (Å²) in [5.74, 6) is 0.810. The first kappa shape index (κ1) is 13.0. The molecule has 90 valence electrons. The molecule has 4 atom stereocenters. The summed E-state index contributed by atoms with van der Waals surface area (Å²) in [5, 5.41) is 3.58. The Labute approximate surface area is 95.4 Å². The van der Waals surface area contributed by atoms with Crippen molar-refractivity contribution in [2.75, 3.05) is 13.1 Å². The van der Waals surface area contributed by atoms with E-state index >= 15 is 0 Å². The maximum absolute atomic E-state index is 3.58. The monoisotopic (exact) mass is 212 g/mol. The Kier molecular flexibility index (Phi) is 5.07. The van der Waals surface area contributed by atoms with Crippen LogP contribution in [0.1, 0.15) is 47.5 Å². The van der Waals surface area contributed by atoms with E-state index in [2.05, 4.69) is 44.8 Å². The number of piperazine rings is 1. The van der Waals surface area contributed by atoms with Crippen LogP contribution in [-0.2, 0) is 0 Å². The molecular formula is C13H28N2. The minimum atomic E-state index is 0.652. The van der Waals surface area contributed by atoms with Crippen molar-refractivity contribution in [2.45, 2.75) is 65.6 Å². The van der Waals surface area contributed by atoms with Crippen molar-refractivity contribution < 1.29 is 0 Å². The van der Waals surface area contributed by atoms with Crippen LogP contribution in [0.3, 0.4) is 0 Å². The van der Waals surface area contributed by atoms with Gasteiger partial charge in [0.2, 0.25) is 0 Å². The lowest BCUT2D eigenvalue weighted by Crippen LogP contribution is -2.58. The van der Waals surface area contributed by atoms with Gasteiger partial charge < -0.3 is 5.32 Å². The van der Waals surface area contributed by atoms with E-state index in [1.165, 1.54) is 25.9 Å². The highest BCUT2D eigenvalue weighted by Crippen LogP contribution is 2.20. The molecule has 0 aliphatic carbocycles. The molecule has 0 amide bonds. The number of hydrogen-bond acceptors (Lipinski definition) is 2. The van der Waals surface area contributed by atoms with Gasteiger partial charge in [-0.2, -0.15) is 0 Å². The van der Waals surface area contributed by atoms with Gasteiger partial charge >= 0.3 is 0 Å². The molecule has 0 radical (unpaired) electrons. The van der Waals surface area contributed by atoms with Crippen molar-refractivity contribution in [1.82, 2.24) is 10.2 Å². The van der Waals surface area contributed by atoms with Crippen LogP contribution in [0.4, 0.5) is 0 Å². The van der Waals surface area contributed by atoms with Gasteiger partial charge in [0, 0.05) is 31.2 Å². The SMILES string of the molecule is CCC(C)C(C)N1CC(C)NCC1CC.